The summed E-state index contributed by atoms with van der Waals surface area (Å²) < 4.78 is 0. The third-order valence-corrected chi connectivity index (χ3v) is 2.83. The first-order valence-corrected chi connectivity index (χ1v) is 6.64. The molecule has 0 heterocycles. The average Bonchev–Trinajstić information content (AvgIpc) is 2.63. The van der Waals surface area contributed by atoms with Crippen LogP contribution in [0.1, 0.15) is 72.1 Å². The molecule has 3 heteroatoms. The predicted molar refractivity (Wildman–Crippen MR) is 73.9 cm³/mol. The number of allylic oxidation sites excluding steroid dienone is 2. The minimum Gasteiger partial charge on any atom is -0.513 e. The van der Waals surface area contributed by atoms with Gasteiger partial charge in [-0.1, -0.05) is 52.9 Å². The second-order valence-corrected chi connectivity index (χ2v) is 4.45. The van der Waals surface area contributed by atoms with Crippen LogP contribution in [0.5, 0.6) is 0 Å². The maximum atomic E-state index is 9.06. The van der Waals surface area contributed by atoms with E-state index < -0.39 is 0 Å². The molecule has 1 nitrogen and oxygen atoms in total. The van der Waals surface area contributed by atoms with Crippen LogP contribution in [0.15, 0.2) is 11.8 Å². The molecular weight excluding hydrogens is 255 g/mol. The Morgan fingerprint density at radius 3 is 1.94 bits per heavy atom. The fraction of sp³-hybridized carbons (Fsp3) is 0.857. The molecule has 1 aliphatic rings. The van der Waals surface area contributed by atoms with Crippen molar-refractivity contribution in [1.29, 1.82) is 0 Å². The van der Waals surface area contributed by atoms with Crippen LogP contribution >= 0.6 is 0 Å². The molecular formula is C14H28CuLiO. The molecule has 1 N–H and O–H groups in total. The second kappa shape index (κ2) is 16.7. The molecule has 0 saturated heterocycles. The summed E-state index contributed by atoms with van der Waals surface area (Å²) in [7, 11) is 0. The number of hydrogen-bond acceptors (Lipinski definition) is 1. The van der Waals surface area contributed by atoms with Crippen LogP contribution in [0.25, 0.3) is 0 Å². The van der Waals surface area contributed by atoms with Gasteiger partial charge in [-0.15, -0.1) is 0 Å². The van der Waals surface area contributed by atoms with Crippen LogP contribution in [0.4, 0.5) is 0 Å². The van der Waals surface area contributed by atoms with Crippen molar-refractivity contribution in [2.45, 2.75) is 72.1 Å². The first-order valence-electron chi connectivity index (χ1n) is 6.64. The van der Waals surface area contributed by atoms with Crippen molar-refractivity contribution >= 4 is 18.9 Å². The van der Waals surface area contributed by atoms with Crippen molar-refractivity contribution in [2.24, 2.45) is 5.92 Å². The average molecular weight is 283 g/mol. The third kappa shape index (κ3) is 14.6. The summed E-state index contributed by atoms with van der Waals surface area (Å²) >= 11 is 0. The predicted octanol–water partition coefficient (Wildman–Crippen LogP) is 4.84. The van der Waals surface area contributed by atoms with Crippen LogP contribution in [-0.2, 0) is 17.1 Å². The summed E-state index contributed by atoms with van der Waals surface area (Å²) in [5.74, 6) is 1.29. The van der Waals surface area contributed by atoms with E-state index in [4.69, 9.17) is 5.11 Å². The Labute approximate surface area is 130 Å². The molecule has 0 amide bonds. The zero-order chi connectivity index (χ0) is 11.5. The van der Waals surface area contributed by atoms with Crippen molar-refractivity contribution < 1.29 is 22.2 Å². The standard InChI is InChI=1S/C9H16O.C5H12.Cu.Li/c1-2-3-4-8-5-6-9(10)7-8;1-3-5-4-2;;/h7-8,10H,2-6H2,1H3;3-5H2,1-2H3;;. The summed E-state index contributed by atoms with van der Waals surface area (Å²) in [4.78, 5) is 0. The molecule has 0 aromatic heterocycles. The largest absolute Gasteiger partial charge is 0.513 e. The first kappa shape index (κ1) is 22.8. The Kier molecular flexibility index (Phi) is 22.3. The van der Waals surface area contributed by atoms with Crippen molar-refractivity contribution in [3.63, 3.8) is 0 Å². The number of aliphatic hydroxyl groups is 1. The molecule has 0 aromatic carbocycles. The SMILES string of the molecule is CCCCC.CCCCC1C=C(O)CC1.[Cu].[Li]. The van der Waals surface area contributed by atoms with Crippen LogP contribution in [-0.4, -0.2) is 24.0 Å². The zero-order valence-corrected chi connectivity index (χ0v) is 13.0. The molecule has 1 rings (SSSR count). The van der Waals surface area contributed by atoms with Crippen molar-refractivity contribution in [2.75, 3.05) is 0 Å². The molecule has 0 aromatic rings. The summed E-state index contributed by atoms with van der Waals surface area (Å²) in [5.41, 5.74) is 0. The Bertz CT molecular complexity index is 170. The molecule has 1 aliphatic carbocycles. The zero-order valence-electron chi connectivity index (χ0n) is 12.1. The van der Waals surface area contributed by atoms with E-state index in [1.807, 2.05) is 6.08 Å². The van der Waals surface area contributed by atoms with E-state index in [1.54, 1.807) is 0 Å². The van der Waals surface area contributed by atoms with Gasteiger partial charge in [-0.2, -0.15) is 0 Å². The fourth-order valence-corrected chi connectivity index (χ4v) is 1.82. The molecule has 0 saturated carbocycles. The van der Waals surface area contributed by atoms with E-state index >= 15 is 0 Å². The monoisotopic (exact) mass is 282 g/mol. The van der Waals surface area contributed by atoms with Gasteiger partial charge in [0.1, 0.15) is 0 Å². The summed E-state index contributed by atoms with van der Waals surface area (Å²) in [6, 6.07) is 0. The van der Waals surface area contributed by atoms with Crippen LogP contribution in [0, 0.1) is 5.92 Å². The minimum absolute atomic E-state index is 0. The molecule has 1 unspecified atom stereocenters. The topological polar surface area (TPSA) is 20.2 Å². The van der Waals surface area contributed by atoms with Gasteiger partial charge < -0.3 is 5.11 Å². The van der Waals surface area contributed by atoms with Crippen molar-refractivity contribution in [3.05, 3.63) is 11.8 Å². The quantitative estimate of drug-likeness (QED) is 0.715. The maximum absolute atomic E-state index is 9.06. The number of rotatable bonds is 5. The van der Waals surface area contributed by atoms with Gasteiger partial charge >= 0.3 is 0 Å². The Hall–Kier alpha value is 0.657. The molecule has 102 valence electrons. The number of hydrogen-bond donors (Lipinski definition) is 1. The molecule has 0 fully saturated rings. The molecule has 0 spiro atoms. The molecule has 2 radical (unpaired) electrons. The van der Waals surface area contributed by atoms with Gasteiger partial charge in [-0.05, 0) is 24.8 Å². The molecule has 17 heavy (non-hydrogen) atoms. The Morgan fingerprint density at radius 2 is 1.65 bits per heavy atom. The van der Waals surface area contributed by atoms with E-state index in [2.05, 4.69) is 20.8 Å². The van der Waals surface area contributed by atoms with E-state index in [0.29, 0.717) is 11.7 Å². The smallest absolute Gasteiger partial charge is 0.0885 e. The van der Waals surface area contributed by atoms with E-state index in [9.17, 15) is 0 Å². The van der Waals surface area contributed by atoms with Gasteiger partial charge in [0.2, 0.25) is 0 Å². The van der Waals surface area contributed by atoms with Crippen molar-refractivity contribution in [3.8, 4) is 0 Å². The number of unbranched alkanes of at least 4 members (excludes halogenated alkanes) is 3. The third-order valence-electron chi connectivity index (χ3n) is 2.83. The van der Waals surface area contributed by atoms with E-state index in [1.165, 1.54) is 44.9 Å². The van der Waals surface area contributed by atoms with Gasteiger partial charge in [-0.3, -0.25) is 0 Å². The fourth-order valence-electron chi connectivity index (χ4n) is 1.82. The van der Waals surface area contributed by atoms with Crippen molar-refractivity contribution in [1.82, 2.24) is 0 Å². The normalized spacial score (nSPS) is 17.1. The maximum Gasteiger partial charge on any atom is 0.0885 e. The Morgan fingerprint density at radius 1 is 1.12 bits per heavy atom. The first-order chi connectivity index (χ1) is 7.24. The van der Waals surface area contributed by atoms with Gasteiger partial charge in [0, 0.05) is 42.4 Å². The summed E-state index contributed by atoms with van der Waals surface area (Å²) in [6.07, 6.45) is 12.0. The molecule has 0 bridgehead atoms. The van der Waals surface area contributed by atoms with Crippen LogP contribution in [0.3, 0.4) is 0 Å². The van der Waals surface area contributed by atoms with Gasteiger partial charge in [0.05, 0.1) is 5.76 Å². The minimum atomic E-state index is 0. The number of aliphatic hydroxyl groups excluding tert-OH is 1. The Balaban J connectivity index is -0.000000247. The van der Waals surface area contributed by atoms with Gasteiger partial charge in [-0.25, -0.2) is 0 Å². The van der Waals surface area contributed by atoms with Crippen LogP contribution < -0.4 is 0 Å². The van der Waals surface area contributed by atoms with E-state index in [0.717, 1.165) is 6.42 Å². The van der Waals surface area contributed by atoms with Gasteiger partial charge in [0.25, 0.3) is 0 Å². The summed E-state index contributed by atoms with van der Waals surface area (Å²) in [5, 5.41) is 9.06. The summed E-state index contributed by atoms with van der Waals surface area (Å²) in [6.45, 7) is 6.63. The second-order valence-electron chi connectivity index (χ2n) is 4.45. The molecule has 0 aliphatic heterocycles. The van der Waals surface area contributed by atoms with Gasteiger partial charge in [0.15, 0.2) is 0 Å². The van der Waals surface area contributed by atoms with E-state index in [-0.39, 0.29) is 35.9 Å². The van der Waals surface area contributed by atoms with Crippen LogP contribution in [0.2, 0.25) is 0 Å². The molecule has 1 atom stereocenters.